The van der Waals surface area contributed by atoms with Crippen molar-refractivity contribution in [2.24, 2.45) is 0 Å². The molecular weight excluding hydrogens is 680 g/mol. The highest BCUT2D eigenvalue weighted by atomic mass is 19.4. The summed E-state index contributed by atoms with van der Waals surface area (Å²) in [7, 11) is 2.09. The van der Waals surface area contributed by atoms with E-state index < -0.39 is 11.7 Å². The number of piperidine rings is 1. The summed E-state index contributed by atoms with van der Waals surface area (Å²) >= 11 is 0. The molecule has 3 saturated heterocycles. The van der Waals surface area contributed by atoms with Crippen LogP contribution in [0, 0.1) is 13.8 Å². The summed E-state index contributed by atoms with van der Waals surface area (Å²) in [6.07, 6.45) is 1.08. The summed E-state index contributed by atoms with van der Waals surface area (Å²) in [4.78, 5) is 4.59. The fourth-order valence-corrected chi connectivity index (χ4v) is 8.16. The van der Waals surface area contributed by atoms with Crippen molar-refractivity contribution in [2.45, 2.75) is 149 Å². The average molecular weight is 750 g/mol. The summed E-state index contributed by atoms with van der Waals surface area (Å²) in [5, 5.41) is 13.3. The van der Waals surface area contributed by atoms with Gasteiger partial charge in [-0.1, -0.05) is 104 Å². The molecule has 0 bridgehead atoms. The number of aryl methyl sites for hydroxylation is 2. The summed E-state index contributed by atoms with van der Waals surface area (Å²) in [5.41, 5.74) is 9.86. The van der Waals surface area contributed by atoms with E-state index in [1.807, 2.05) is 20.8 Å². The number of alkyl halides is 3. The van der Waals surface area contributed by atoms with Crippen molar-refractivity contribution in [3.8, 4) is 0 Å². The molecule has 0 spiro atoms. The first kappa shape index (κ1) is 43.9. The first-order valence-corrected chi connectivity index (χ1v) is 20.2. The van der Waals surface area contributed by atoms with Gasteiger partial charge in [0, 0.05) is 24.8 Å². The molecule has 0 aromatic heterocycles. The van der Waals surface area contributed by atoms with Crippen LogP contribution in [-0.2, 0) is 22.4 Å². The number of β-amino-alcohol motifs (C(OH)–C–C–N with tert-alkyl or cyclic N) is 1. The van der Waals surface area contributed by atoms with Crippen LogP contribution in [0.15, 0.2) is 54.6 Å². The molecule has 7 heteroatoms. The number of benzene rings is 3. The lowest BCUT2D eigenvalue weighted by atomic mass is 9.77. The van der Waals surface area contributed by atoms with Gasteiger partial charge in [-0.3, -0.25) is 0 Å². The molecule has 3 aliphatic rings. The van der Waals surface area contributed by atoms with Crippen molar-refractivity contribution in [1.29, 1.82) is 0 Å². The lowest BCUT2D eigenvalue weighted by molar-refractivity contribution is -0.137. The van der Waals surface area contributed by atoms with E-state index in [0.717, 1.165) is 56.6 Å². The molecular formula is C47H70F3N3O. The van der Waals surface area contributed by atoms with Gasteiger partial charge in [0.2, 0.25) is 0 Å². The average Bonchev–Trinajstić information content (AvgIpc) is 3.76. The van der Waals surface area contributed by atoms with Gasteiger partial charge in [-0.25, -0.2) is 0 Å². The van der Waals surface area contributed by atoms with Gasteiger partial charge < -0.3 is 20.2 Å². The molecule has 0 amide bonds. The van der Waals surface area contributed by atoms with Gasteiger partial charge in [0.1, 0.15) is 0 Å². The molecule has 3 aromatic carbocycles. The Kier molecular flexibility index (Phi) is 14.2. The molecule has 3 fully saturated rings. The summed E-state index contributed by atoms with van der Waals surface area (Å²) in [5.74, 6) is 0.373. The highest BCUT2D eigenvalue weighted by Gasteiger charge is 2.34. The van der Waals surface area contributed by atoms with Crippen LogP contribution in [0.3, 0.4) is 0 Å². The maximum absolute atomic E-state index is 13.0. The molecule has 0 aliphatic carbocycles. The van der Waals surface area contributed by atoms with Gasteiger partial charge >= 0.3 is 6.18 Å². The van der Waals surface area contributed by atoms with Crippen molar-refractivity contribution in [3.05, 3.63) is 99.1 Å². The van der Waals surface area contributed by atoms with Crippen LogP contribution in [0.1, 0.15) is 151 Å². The van der Waals surface area contributed by atoms with Crippen molar-refractivity contribution >= 4 is 5.69 Å². The monoisotopic (exact) mass is 750 g/mol. The smallest absolute Gasteiger partial charge is 0.391 e. The van der Waals surface area contributed by atoms with Crippen LogP contribution >= 0.6 is 0 Å². The Balaban J connectivity index is 0.000000182. The number of anilines is 1. The van der Waals surface area contributed by atoms with Crippen LogP contribution < -0.4 is 10.2 Å². The van der Waals surface area contributed by atoms with Gasteiger partial charge in [0.15, 0.2) is 0 Å². The zero-order valence-corrected chi connectivity index (χ0v) is 35.5. The number of aliphatic hydroxyl groups excluding tert-OH is 1. The third-order valence-electron chi connectivity index (χ3n) is 11.3. The molecule has 2 unspecified atom stereocenters. The molecule has 3 aliphatic heterocycles. The second-order valence-electron chi connectivity index (χ2n) is 19.3. The lowest BCUT2D eigenvalue weighted by Gasteiger charge is -2.33. The number of likely N-dealkylation sites (tertiary alicyclic amines) is 1. The predicted molar refractivity (Wildman–Crippen MR) is 222 cm³/mol. The normalized spacial score (nSPS) is 20.3. The van der Waals surface area contributed by atoms with E-state index in [-0.39, 0.29) is 22.3 Å². The number of aliphatic hydroxyl groups is 1. The predicted octanol–water partition coefficient (Wildman–Crippen LogP) is 11.4. The number of halogens is 3. The molecule has 2 atom stereocenters. The number of rotatable bonds is 3. The van der Waals surface area contributed by atoms with Gasteiger partial charge in [0.25, 0.3) is 0 Å². The van der Waals surface area contributed by atoms with Crippen molar-refractivity contribution in [3.63, 3.8) is 0 Å². The fraction of sp³-hybridized carbons (Fsp3) is 0.617. The molecule has 2 N–H and O–H groups in total. The van der Waals surface area contributed by atoms with Crippen molar-refractivity contribution < 1.29 is 18.3 Å². The first-order chi connectivity index (χ1) is 24.9. The van der Waals surface area contributed by atoms with E-state index in [4.69, 9.17) is 0 Å². The molecule has 0 radical (unpaired) electrons. The standard InChI is InChI=1S/C17H24F3N.C15H23NO.C15H23N/c1-16(2,3)15-11-13(17(18,19)20)5-6-14(15)12-7-9-21(4)10-8-12;1-11-5-6-13(15(2,3)4)14(9-11)16-8-7-12(17)10-16;1-11-7-8-13(15(2,3)4)12(10-11)14-6-5-9-16-14/h5-6,11-12H,7-10H2,1-4H3;5-6,9,12,17H,7-8,10H2,1-4H3;7-8,10,14,16H,5-6,9H2,1-4H3. The van der Waals surface area contributed by atoms with E-state index in [0.29, 0.717) is 12.0 Å². The third-order valence-corrected chi connectivity index (χ3v) is 11.3. The van der Waals surface area contributed by atoms with E-state index in [1.54, 1.807) is 6.07 Å². The minimum absolute atomic E-state index is 0.149. The van der Waals surface area contributed by atoms with Crippen LogP contribution in [0.25, 0.3) is 0 Å². The van der Waals surface area contributed by atoms with Crippen LogP contribution in [0.2, 0.25) is 0 Å². The quantitative estimate of drug-likeness (QED) is 0.280. The summed E-state index contributed by atoms with van der Waals surface area (Å²) in [6.45, 7) is 28.8. The van der Waals surface area contributed by atoms with Crippen LogP contribution in [0.5, 0.6) is 0 Å². The van der Waals surface area contributed by atoms with E-state index in [9.17, 15) is 18.3 Å². The Labute approximate surface area is 325 Å². The molecule has 3 aromatic rings. The second-order valence-corrected chi connectivity index (χ2v) is 19.3. The van der Waals surface area contributed by atoms with Gasteiger partial charge in [-0.05, 0) is 146 Å². The summed E-state index contributed by atoms with van der Waals surface area (Å²) < 4.78 is 38.9. The molecule has 3 heterocycles. The van der Waals surface area contributed by atoms with E-state index in [1.165, 1.54) is 65.0 Å². The Morgan fingerprint density at radius 3 is 1.72 bits per heavy atom. The van der Waals surface area contributed by atoms with E-state index >= 15 is 0 Å². The highest BCUT2D eigenvalue weighted by Crippen LogP contribution is 2.40. The largest absolute Gasteiger partial charge is 0.416 e. The number of nitrogens with one attached hydrogen (secondary N) is 1. The van der Waals surface area contributed by atoms with Gasteiger partial charge in [-0.15, -0.1) is 0 Å². The molecule has 300 valence electrons. The van der Waals surface area contributed by atoms with Crippen LogP contribution in [0.4, 0.5) is 18.9 Å². The van der Waals surface area contributed by atoms with E-state index in [2.05, 4.69) is 114 Å². The number of hydrogen-bond donors (Lipinski definition) is 2. The van der Waals surface area contributed by atoms with Gasteiger partial charge in [-0.2, -0.15) is 13.2 Å². The highest BCUT2D eigenvalue weighted by molar-refractivity contribution is 5.59. The molecule has 0 saturated carbocycles. The molecule has 6 rings (SSSR count). The third kappa shape index (κ3) is 11.8. The second kappa shape index (κ2) is 17.5. The number of nitrogens with zero attached hydrogens (tertiary/aromatic N) is 2. The van der Waals surface area contributed by atoms with Crippen molar-refractivity contribution in [1.82, 2.24) is 10.2 Å². The minimum Gasteiger partial charge on any atom is -0.391 e. The van der Waals surface area contributed by atoms with Crippen molar-refractivity contribution in [2.75, 3.05) is 44.7 Å². The zero-order valence-electron chi connectivity index (χ0n) is 35.5. The topological polar surface area (TPSA) is 38.7 Å². The Bertz CT molecular complexity index is 1660. The first-order valence-electron chi connectivity index (χ1n) is 20.2. The minimum atomic E-state index is -4.27. The fourth-order valence-electron chi connectivity index (χ4n) is 8.16. The number of hydrogen-bond acceptors (Lipinski definition) is 4. The maximum atomic E-state index is 13.0. The lowest BCUT2D eigenvalue weighted by Crippen LogP contribution is -2.30. The van der Waals surface area contributed by atoms with Gasteiger partial charge in [0.05, 0.1) is 11.7 Å². The zero-order chi connectivity index (χ0) is 40.2. The maximum Gasteiger partial charge on any atom is 0.416 e. The Morgan fingerprint density at radius 1 is 0.648 bits per heavy atom. The Hall–Kier alpha value is -2.87. The Morgan fingerprint density at radius 2 is 1.22 bits per heavy atom. The molecule has 54 heavy (non-hydrogen) atoms. The summed E-state index contributed by atoms with van der Waals surface area (Å²) in [6, 6.07) is 18.4. The molecule has 4 nitrogen and oxygen atoms in total. The van der Waals surface area contributed by atoms with Crippen LogP contribution in [-0.4, -0.2) is 55.9 Å². The SMILES string of the molecule is CN1CCC(c2ccc(C(F)(F)F)cc2C(C)(C)C)CC1.Cc1ccc(C(C)(C)C)c(C2CCCN2)c1.Cc1ccc(C(C)(C)C)c(N2CCC(O)C2)c1.